The molecule has 3 nitrogen and oxygen atoms in total. The third-order valence-corrected chi connectivity index (χ3v) is 5.88. The lowest BCUT2D eigenvalue weighted by Gasteiger charge is -2.34. The third kappa shape index (κ3) is 4.28. The van der Waals surface area contributed by atoms with Gasteiger partial charge < -0.3 is 10.5 Å². The topological polar surface area (TPSA) is 59.0 Å². The first kappa shape index (κ1) is 23.5. The molecule has 0 bridgehead atoms. The van der Waals surface area contributed by atoms with Crippen LogP contribution in [0.15, 0.2) is 76.9 Å². The van der Waals surface area contributed by atoms with Crippen molar-refractivity contribution in [2.45, 2.75) is 37.5 Å². The van der Waals surface area contributed by atoms with E-state index in [0.29, 0.717) is 30.4 Å². The molecule has 0 spiro atoms. The van der Waals surface area contributed by atoms with E-state index in [2.05, 4.69) is 0 Å². The van der Waals surface area contributed by atoms with Gasteiger partial charge in [-0.15, -0.1) is 0 Å². The SMILES string of the molecule is N#CC1=C(N)OC2=C(CCC/C2=C\c2ccccc2C(F)(F)F)C1c1ccccc1C(F)(F)F. The number of allylic oxidation sites excluding steroid dienone is 3. The number of hydrogen-bond acceptors (Lipinski definition) is 3. The van der Waals surface area contributed by atoms with Gasteiger partial charge >= 0.3 is 12.4 Å². The van der Waals surface area contributed by atoms with Crippen molar-refractivity contribution >= 4 is 6.08 Å². The average Bonchev–Trinajstić information content (AvgIpc) is 2.78. The van der Waals surface area contributed by atoms with E-state index in [0.717, 1.165) is 12.1 Å². The van der Waals surface area contributed by atoms with Crippen molar-refractivity contribution in [2.75, 3.05) is 0 Å². The van der Waals surface area contributed by atoms with Crippen LogP contribution in [0.3, 0.4) is 0 Å². The van der Waals surface area contributed by atoms with Crippen molar-refractivity contribution in [2.24, 2.45) is 5.73 Å². The van der Waals surface area contributed by atoms with Crippen LogP contribution in [0.4, 0.5) is 26.3 Å². The minimum absolute atomic E-state index is 0.0942. The summed E-state index contributed by atoms with van der Waals surface area (Å²) in [6.45, 7) is 0. The van der Waals surface area contributed by atoms with E-state index in [-0.39, 0.29) is 28.3 Å². The minimum atomic E-state index is -4.68. The highest BCUT2D eigenvalue weighted by atomic mass is 19.4. The number of nitrogens with zero attached hydrogens (tertiary/aromatic N) is 1. The van der Waals surface area contributed by atoms with Crippen LogP contribution in [-0.2, 0) is 17.1 Å². The molecule has 176 valence electrons. The van der Waals surface area contributed by atoms with Gasteiger partial charge in [0.05, 0.1) is 11.1 Å². The lowest BCUT2D eigenvalue weighted by Crippen LogP contribution is -2.25. The minimum Gasteiger partial charge on any atom is -0.440 e. The first-order valence-corrected chi connectivity index (χ1v) is 10.4. The normalized spacial score (nSPS) is 20.1. The van der Waals surface area contributed by atoms with Gasteiger partial charge in [0, 0.05) is 5.92 Å². The Kier molecular flexibility index (Phi) is 5.94. The molecule has 0 radical (unpaired) electrons. The van der Waals surface area contributed by atoms with Crippen molar-refractivity contribution in [3.05, 3.63) is 99.1 Å². The molecule has 2 aromatic carbocycles. The molecule has 0 fully saturated rings. The van der Waals surface area contributed by atoms with Crippen molar-refractivity contribution in [1.29, 1.82) is 5.26 Å². The van der Waals surface area contributed by atoms with E-state index in [1.54, 1.807) is 0 Å². The maximum atomic E-state index is 13.8. The van der Waals surface area contributed by atoms with Gasteiger partial charge in [0.1, 0.15) is 17.4 Å². The fraction of sp³-hybridized carbons (Fsp3) is 0.240. The molecule has 0 saturated heterocycles. The quantitative estimate of drug-likeness (QED) is 0.473. The van der Waals surface area contributed by atoms with Crippen LogP contribution in [0.25, 0.3) is 6.08 Å². The van der Waals surface area contributed by atoms with E-state index < -0.39 is 29.4 Å². The monoisotopic (exact) mass is 476 g/mol. The Balaban J connectivity index is 1.91. The molecule has 4 rings (SSSR count). The summed E-state index contributed by atoms with van der Waals surface area (Å²) in [6.07, 6.45) is -6.82. The molecule has 0 saturated carbocycles. The van der Waals surface area contributed by atoms with Crippen LogP contribution in [0, 0.1) is 11.3 Å². The van der Waals surface area contributed by atoms with Crippen LogP contribution < -0.4 is 5.73 Å². The zero-order valence-electron chi connectivity index (χ0n) is 17.6. The first-order valence-electron chi connectivity index (χ1n) is 10.4. The number of rotatable bonds is 2. The summed E-state index contributed by atoms with van der Waals surface area (Å²) in [4.78, 5) is 0. The van der Waals surface area contributed by atoms with Gasteiger partial charge in [-0.25, -0.2) is 0 Å². The van der Waals surface area contributed by atoms with Gasteiger partial charge in [-0.1, -0.05) is 36.4 Å². The number of benzene rings is 2. The van der Waals surface area contributed by atoms with Crippen molar-refractivity contribution in [1.82, 2.24) is 0 Å². The van der Waals surface area contributed by atoms with Crippen LogP contribution in [-0.4, -0.2) is 0 Å². The Morgan fingerprint density at radius 3 is 2.18 bits per heavy atom. The Morgan fingerprint density at radius 1 is 0.912 bits per heavy atom. The molecule has 34 heavy (non-hydrogen) atoms. The zero-order valence-corrected chi connectivity index (χ0v) is 17.6. The van der Waals surface area contributed by atoms with E-state index in [9.17, 15) is 31.6 Å². The van der Waals surface area contributed by atoms with Gasteiger partial charge in [0.25, 0.3) is 0 Å². The number of alkyl halides is 6. The maximum absolute atomic E-state index is 13.8. The van der Waals surface area contributed by atoms with Crippen molar-refractivity contribution < 1.29 is 31.1 Å². The number of halogens is 6. The number of hydrogen-bond donors (Lipinski definition) is 1. The molecular formula is C25H18F6N2O. The van der Waals surface area contributed by atoms with Gasteiger partial charge in [-0.05, 0) is 59.7 Å². The summed E-state index contributed by atoms with van der Waals surface area (Å²) < 4.78 is 87.5. The van der Waals surface area contributed by atoms with Gasteiger partial charge in [-0.3, -0.25) is 0 Å². The molecule has 2 aromatic rings. The summed E-state index contributed by atoms with van der Waals surface area (Å²) >= 11 is 0. The van der Waals surface area contributed by atoms with Crippen molar-refractivity contribution in [3.63, 3.8) is 0 Å². The lowest BCUT2D eigenvalue weighted by atomic mass is 9.75. The second-order valence-electron chi connectivity index (χ2n) is 7.97. The molecule has 1 heterocycles. The van der Waals surface area contributed by atoms with E-state index >= 15 is 0 Å². The fourth-order valence-corrected chi connectivity index (χ4v) is 4.47. The molecule has 0 amide bonds. The van der Waals surface area contributed by atoms with Gasteiger partial charge in [0.15, 0.2) is 0 Å². The van der Waals surface area contributed by atoms with Crippen LogP contribution >= 0.6 is 0 Å². The smallest absolute Gasteiger partial charge is 0.416 e. The van der Waals surface area contributed by atoms with Gasteiger partial charge in [0.2, 0.25) is 5.88 Å². The highest BCUT2D eigenvalue weighted by molar-refractivity contribution is 5.64. The Hall–Kier alpha value is -3.67. The van der Waals surface area contributed by atoms with E-state index in [4.69, 9.17) is 10.5 Å². The molecule has 2 aliphatic rings. The predicted molar refractivity (Wildman–Crippen MR) is 112 cm³/mol. The maximum Gasteiger partial charge on any atom is 0.416 e. The standard InChI is InChI=1S/C25H18F6N2O/c26-24(27,28)19-10-3-1-6-14(19)12-15-7-5-9-17-21(18(13-32)23(33)34-22(15)17)16-8-2-4-11-20(16)25(29,30)31/h1-4,6,8,10-12,21H,5,7,9,33H2/b15-12+. The second kappa shape index (κ2) is 8.60. The van der Waals surface area contributed by atoms with Crippen LogP contribution in [0.1, 0.15) is 47.4 Å². The third-order valence-electron chi connectivity index (χ3n) is 5.88. The van der Waals surface area contributed by atoms with Crippen LogP contribution in [0.2, 0.25) is 0 Å². The summed E-state index contributed by atoms with van der Waals surface area (Å²) in [5, 5.41) is 9.69. The van der Waals surface area contributed by atoms with E-state index in [1.807, 2.05) is 6.07 Å². The second-order valence-corrected chi connectivity index (χ2v) is 7.97. The molecule has 1 aliphatic carbocycles. The lowest BCUT2D eigenvalue weighted by molar-refractivity contribution is -0.138. The summed E-state index contributed by atoms with van der Waals surface area (Å²) in [5.41, 5.74) is 4.57. The Labute approximate surface area is 191 Å². The van der Waals surface area contributed by atoms with Crippen LogP contribution in [0.5, 0.6) is 0 Å². The molecule has 0 aromatic heterocycles. The molecule has 1 unspecified atom stereocenters. The molecular weight excluding hydrogens is 458 g/mol. The van der Waals surface area contributed by atoms with E-state index in [1.165, 1.54) is 42.5 Å². The Morgan fingerprint density at radius 2 is 1.53 bits per heavy atom. The molecule has 1 aliphatic heterocycles. The summed E-state index contributed by atoms with van der Waals surface area (Å²) in [7, 11) is 0. The average molecular weight is 476 g/mol. The highest BCUT2D eigenvalue weighted by Gasteiger charge is 2.41. The molecule has 1 atom stereocenters. The highest BCUT2D eigenvalue weighted by Crippen LogP contribution is 2.49. The zero-order chi connectivity index (χ0) is 24.7. The van der Waals surface area contributed by atoms with Crippen molar-refractivity contribution in [3.8, 4) is 6.07 Å². The summed E-state index contributed by atoms with van der Waals surface area (Å²) in [5.74, 6) is -1.35. The molecule has 9 heteroatoms. The van der Waals surface area contributed by atoms with Gasteiger partial charge in [-0.2, -0.15) is 31.6 Å². The molecule has 2 N–H and O–H groups in total. The number of ether oxygens (including phenoxy) is 1. The first-order chi connectivity index (χ1) is 16.0. The largest absolute Gasteiger partial charge is 0.440 e. The Bertz CT molecular complexity index is 1260. The number of nitrogens with two attached hydrogens (primary N) is 1. The summed E-state index contributed by atoms with van der Waals surface area (Å²) in [6, 6.07) is 11.8. The number of nitriles is 1. The predicted octanol–water partition coefficient (Wildman–Crippen LogP) is 7.05. The fourth-order valence-electron chi connectivity index (χ4n) is 4.47.